The highest BCUT2D eigenvalue weighted by Gasteiger charge is 2.53. The maximum Gasteiger partial charge on any atom is 0.193 e. The average molecular weight is 435 g/mol. The largest absolute Gasteiger partial charge is 0.376 e. The van der Waals surface area contributed by atoms with Crippen LogP contribution in [-0.2, 0) is 9.47 Å². The molecule has 132 valence electrons. The van der Waals surface area contributed by atoms with Crippen molar-refractivity contribution in [3.63, 3.8) is 0 Å². The van der Waals surface area contributed by atoms with Crippen LogP contribution in [0.25, 0.3) is 0 Å². The summed E-state index contributed by atoms with van der Waals surface area (Å²) in [4.78, 5) is 6.90. The minimum absolute atomic E-state index is 0. The zero-order valence-electron chi connectivity index (χ0n) is 14.1. The maximum absolute atomic E-state index is 6.05. The predicted molar refractivity (Wildman–Crippen MR) is 101 cm³/mol. The number of hydrogen-bond acceptors (Lipinski definition) is 3. The third kappa shape index (κ3) is 3.63. The Balaban J connectivity index is 0.00000156. The molecular formula is C17H30IN3O2. The third-order valence-corrected chi connectivity index (χ3v) is 6.00. The Morgan fingerprint density at radius 2 is 1.78 bits per heavy atom. The first-order valence-corrected chi connectivity index (χ1v) is 9.08. The van der Waals surface area contributed by atoms with E-state index in [2.05, 4.69) is 15.2 Å². The van der Waals surface area contributed by atoms with Crippen LogP contribution in [0.15, 0.2) is 4.99 Å². The molecule has 0 aromatic heterocycles. The van der Waals surface area contributed by atoms with Crippen LogP contribution in [0.2, 0.25) is 0 Å². The molecule has 0 aromatic carbocycles. The second kappa shape index (κ2) is 7.87. The van der Waals surface area contributed by atoms with Gasteiger partial charge in [-0.2, -0.15) is 0 Å². The van der Waals surface area contributed by atoms with E-state index in [9.17, 15) is 0 Å². The lowest BCUT2D eigenvalue weighted by molar-refractivity contribution is 0.0615. The molecule has 4 aliphatic rings. The van der Waals surface area contributed by atoms with Crippen LogP contribution in [0.5, 0.6) is 0 Å². The van der Waals surface area contributed by atoms with Gasteiger partial charge in [-0.15, -0.1) is 24.0 Å². The predicted octanol–water partition coefficient (Wildman–Crippen LogP) is 2.25. The van der Waals surface area contributed by atoms with Crippen molar-refractivity contribution in [3.8, 4) is 0 Å². The molecule has 4 unspecified atom stereocenters. The Bertz CT molecular complexity index is 410. The van der Waals surface area contributed by atoms with E-state index in [0.717, 1.165) is 44.0 Å². The second-order valence-corrected chi connectivity index (χ2v) is 7.27. The number of ether oxygens (including phenoxy) is 2. The molecule has 4 fully saturated rings. The van der Waals surface area contributed by atoms with Crippen LogP contribution in [0.3, 0.4) is 0 Å². The summed E-state index contributed by atoms with van der Waals surface area (Å²) in [5.74, 6) is 2.50. The Hall–Kier alpha value is -0.0800. The van der Waals surface area contributed by atoms with Gasteiger partial charge < -0.3 is 19.7 Å². The van der Waals surface area contributed by atoms with Crippen LogP contribution in [0.1, 0.15) is 38.5 Å². The number of nitrogens with one attached hydrogen (secondary N) is 1. The fourth-order valence-electron chi connectivity index (χ4n) is 4.91. The lowest BCUT2D eigenvalue weighted by atomic mass is 9.82. The van der Waals surface area contributed by atoms with E-state index in [1.54, 1.807) is 0 Å². The number of guanidine groups is 1. The molecule has 0 amide bonds. The summed E-state index contributed by atoms with van der Waals surface area (Å²) in [6, 6.07) is 0. The molecule has 0 radical (unpaired) electrons. The molecule has 2 bridgehead atoms. The van der Waals surface area contributed by atoms with Gasteiger partial charge in [0.25, 0.3) is 0 Å². The van der Waals surface area contributed by atoms with Crippen molar-refractivity contribution in [2.24, 2.45) is 16.8 Å². The second-order valence-electron chi connectivity index (χ2n) is 7.27. The highest BCUT2D eigenvalue weighted by atomic mass is 127. The molecule has 0 spiro atoms. The van der Waals surface area contributed by atoms with Crippen LogP contribution in [-0.4, -0.2) is 62.5 Å². The molecule has 1 saturated carbocycles. The van der Waals surface area contributed by atoms with E-state index in [1.807, 2.05) is 7.05 Å². The Labute approximate surface area is 156 Å². The zero-order valence-corrected chi connectivity index (χ0v) is 16.4. The third-order valence-electron chi connectivity index (χ3n) is 6.00. The zero-order chi connectivity index (χ0) is 14.9. The minimum Gasteiger partial charge on any atom is -0.376 e. The summed E-state index contributed by atoms with van der Waals surface area (Å²) in [5.41, 5.74) is 0. The van der Waals surface area contributed by atoms with Crippen molar-refractivity contribution >= 4 is 29.9 Å². The maximum atomic E-state index is 6.05. The molecule has 6 heteroatoms. The average Bonchev–Trinajstić information content (AvgIpc) is 3.28. The van der Waals surface area contributed by atoms with Crippen LogP contribution in [0, 0.1) is 11.8 Å². The van der Waals surface area contributed by atoms with Gasteiger partial charge in [-0.1, -0.05) is 12.8 Å². The lowest BCUT2D eigenvalue weighted by Crippen LogP contribution is -2.42. The first kappa shape index (κ1) is 17.7. The standard InChI is InChI=1S/C17H29N3O2.HI/c1-18-17(19-8-9-21-12-4-2-3-5-12)20-10-13-14(11-20)16-7-6-15(13)22-16;/h12-16H,2-11H2,1H3,(H,18,19);1H. The van der Waals surface area contributed by atoms with Crippen LogP contribution >= 0.6 is 24.0 Å². The van der Waals surface area contributed by atoms with Gasteiger partial charge in [-0.05, 0) is 25.7 Å². The number of hydrogen-bond donors (Lipinski definition) is 1. The molecule has 0 aromatic rings. The van der Waals surface area contributed by atoms with Crippen molar-refractivity contribution in [3.05, 3.63) is 0 Å². The summed E-state index contributed by atoms with van der Waals surface area (Å²) in [5, 5.41) is 3.48. The molecular weight excluding hydrogens is 405 g/mol. The Morgan fingerprint density at radius 1 is 1.13 bits per heavy atom. The number of nitrogens with zero attached hydrogens (tertiary/aromatic N) is 2. The van der Waals surface area contributed by atoms with E-state index >= 15 is 0 Å². The molecule has 23 heavy (non-hydrogen) atoms. The molecule has 1 N–H and O–H groups in total. The number of halogens is 1. The normalized spacial score (nSPS) is 36.4. The first-order chi connectivity index (χ1) is 10.8. The van der Waals surface area contributed by atoms with Crippen molar-refractivity contribution in [1.82, 2.24) is 10.2 Å². The topological polar surface area (TPSA) is 46.1 Å². The fraction of sp³-hybridized carbons (Fsp3) is 0.941. The molecule has 3 aliphatic heterocycles. The lowest BCUT2D eigenvalue weighted by Gasteiger charge is -2.23. The highest BCUT2D eigenvalue weighted by molar-refractivity contribution is 14.0. The monoisotopic (exact) mass is 435 g/mol. The van der Waals surface area contributed by atoms with Gasteiger partial charge >= 0.3 is 0 Å². The van der Waals surface area contributed by atoms with Gasteiger partial charge in [0.1, 0.15) is 0 Å². The summed E-state index contributed by atoms with van der Waals surface area (Å²) < 4.78 is 12.0. The van der Waals surface area contributed by atoms with Gasteiger partial charge in [-0.3, -0.25) is 4.99 Å². The minimum atomic E-state index is 0. The van der Waals surface area contributed by atoms with Crippen molar-refractivity contribution in [1.29, 1.82) is 0 Å². The van der Waals surface area contributed by atoms with E-state index in [0.29, 0.717) is 18.3 Å². The van der Waals surface area contributed by atoms with Crippen LogP contribution in [0.4, 0.5) is 0 Å². The van der Waals surface area contributed by atoms with Gasteiger partial charge in [-0.25, -0.2) is 0 Å². The number of rotatable bonds is 4. The number of fused-ring (bicyclic) bond motifs is 5. The molecule has 3 saturated heterocycles. The van der Waals surface area contributed by atoms with Crippen molar-refractivity contribution < 1.29 is 9.47 Å². The first-order valence-electron chi connectivity index (χ1n) is 9.08. The highest BCUT2D eigenvalue weighted by Crippen LogP contribution is 2.47. The van der Waals surface area contributed by atoms with E-state index < -0.39 is 0 Å². The summed E-state index contributed by atoms with van der Waals surface area (Å²) in [6.07, 6.45) is 9.22. The molecule has 5 nitrogen and oxygen atoms in total. The molecule has 1 aliphatic carbocycles. The Morgan fingerprint density at radius 3 is 2.39 bits per heavy atom. The summed E-state index contributed by atoms with van der Waals surface area (Å²) in [6.45, 7) is 3.86. The summed E-state index contributed by atoms with van der Waals surface area (Å²) >= 11 is 0. The smallest absolute Gasteiger partial charge is 0.193 e. The molecule has 4 atom stereocenters. The van der Waals surface area contributed by atoms with Crippen molar-refractivity contribution in [2.75, 3.05) is 33.3 Å². The van der Waals surface area contributed by atoms with Crippen LogP contribution < -0.4 is 5.32 Å². The Kier molecular flexibility index (Phi) is 6.07. The fourth-order valence-corrected chi connectivity index (χ4v) is 4.91. The van der Waals surface area contributed by atoms with Gasteiger partial charge in [0.2, 0.25) is 0 Å². The van der Waals surface area contributed by atoms with E-state index in [-0.39, 0.29) is 24.0 Å². The quantitative estimate of drug-likeness (QED) is 0.319. The molecule has 3 heterocycles. The van der Waals surface area contributed by atoms with Gasteiger partial charge in [0.15, 0.2) is 5.96 Å². The van der Waals surface area contributed by atoms with E-state index in [1.165, 1.54) is 38.5 Å². The van der Waals surface area contributed by atoms with Gasteiger partial charge in [0.05, 0.1) is 24.9 Å². The number of likely N-dealkylation sites (tertiary alicyclic amines) is 1. The molecule has 4 rings (SSSR count). The van der Waals surface area contributed by atoms with Crippen molar-refractivity contribution in [2.45, 2.75) is 56.8 Å². The van der Waals surface area contributed by atoms with Gasteiger partial charge in [0, 0.05) is 38.5 Å². The summed E-state index contributed by atoms with van der Waals surface area (Å²) in [7, 11) is 1.89. The SMILES string of the molecule is CN=C(NCCOC1CCCC1)N1CC2C3CCC(O3)C2C1.I. The number of aliphatic imine (C=N–C) groups is 1. The van der Waals surface area contributed by atoms with E-state index in [4.69, 9.17) is 9.47 Å².